The molecule has 0 aliphatic carbocycles. The third-order valence-corrected chi connectivity index (χ3v) is 5.63. The molecule has 0 aliphatic heterocycles. The van der Waals surface area contributed by atoms with E-state index in [0.29, 0.717) is 0 Å². The summed E-state index contributed by atoms with van der Waals surface area (Å²) in [6.45, 7) is 13.1. The van der Waals surface area contributed by atoms with Gasteiger partial charge in [0.2, 0.25) is 0 Å². The van der Waals surface area contributed by atoms with Crippen LogP contribution in [0, 0.1) is 27.7 Å². The van der Waals surface area contributed by atoms with Crippen molar-refractivity contribution in [2.45, 2.75) is 86.5 Å². The molecule has 0 atom stereocenters. The fourth-order valence-electron chi connectivity index (χ4n) is 3.32. The van der Waals surface area contributed by atoms with Crippen LogP contribution in [-0.2, 0) is 16.5 Å². The number of rotatable bonds is 10. The monoisotopic (exact) mass is 448 g/mol. The van der Waals surface area contributed by atoms with Gasteiger partial charge in [0.1, 0.15) is 0 Å². The molecule has 0 radical (unpaired) electrons. The van der Waals surface area contributed by atoms with Crippen LogP contribution in [0.5, 0.6) is 0 Å². The second-order valence-electron chi connectivity index (χ2n) is 8.21. The van der Waals surface area contributed by atoms with Gasteiger partial charge in [-0.15, -0.1) is 0 Å². The molecule has 2 aromatic carbocycles. The number of nitrogens with zero attached hydrogens (tertiary/aromatic N) is 2. The maximum absolute atomic E-state index is 5.11. The summed E-state index contributed by atoms with van der Waals surface area (Å²) in [6, 6.07) is 13.0. The molecule has 0 heterocycles. The Morgan fingerprint density at radius 1 is 0.600 bits per heavy atom. The van der Waals surface area contributed by atoms with Crippen molar-refractivity contribution in [3.63, 3.8) is 0 Å². The minimum absolute atomic E-state index is 0. The van der Waals surface area contributed by atoms with Crippen molar-refractivity contribution in [2.24, 2.45) is 9.98 Å². The quantitative estimate of drug-likeness (QED) is 0.197. The fraction of sp³-hybridized carbons (Fsp3) is 0.481. The van der Waals surface area contributed by atoms with Gasteiger partial charge in [-0.2, -0.15) is 0 Å². The van der Waals surface area contributed by atoms with Crippen molar-refractivity contribution < 1.29 is 16.5 Å². The number of aliphatic imine (C=N–C) groups is 2. The maximum Gasteiger partial charge on any atom is 0.0636 e. The first-order valence-electron chi connectivity index (χ1n) is 11.2. The molecule has 0 saturated carbocycles. The van der Waals surface area contributed by atoms with Crippen molar-refractivity contribution in [1.82, 2.24) is 0 Å². The van der Waals surface area contributed by atoms with Gasteiger partial charge < -0.3 is 0 Å². The Hall–Kier alpha value is -1.73. The SMILES string of the molecule is CCCCCC(=Nc1ccc(C)c(C)c1)C(CCCC)=Nc1ccc(C)c(C)c1.[Ni]. The molecular weight excluding hydrogens is 411 g/mol. The topological polar surface area (TPSA) is 24.7 Å². The van der Waals surface area contributed by atoms with E-state index in [-0.39, 0.29) is 16.5 Å². The number of unbranched alkanes of at least 4 members (excludes halogenated alkanes) is 3. The molecule has 0 unspecified atom stereocenters. The van der Waals surface area contributed by atoms with Gasteiger partial charge in [0.05, 0.1) is 22.8 Å². The smallest absolute Gasteiger partial charge is 0.0636 e. The van der Waals surface area contributed by atoms with Crippen LogP contribution in [0.15, 0.2) is 46.4 Å². The Kier molecular flexibility index (Phi) is 11.9. The van der Waals surface area contributed by atoms with Gasteiger partial charge in [-0.1, -0.05) is 45.2 Å². The molecule has 0 N–H and O–H groups in total. The van der Waals surface area contributed by atoms with Gasteiger partial charge in [-0.25, -0.2) is 0 Å². The standard InChI is InChI=1S/C27H38N2.Ni/c1-7-9-11-13-27(29-25-17-15-21(4)23(6)19-25)26(12-10-8-2)28-24-16-14-20(3)22(5)18-24;/h14-19H,7-13H2,1-6H3;. The molecule has 166 valence electrons. The first-order valence-corrected chi connectivity index (χ1v) is 11.2. The Labute approximate surface area is 194 Å². The van der Waals surface area contributed by atoms with Crippen molar-refractivity contribution in [3.05, 3.63) is 58.7 Å². The minimum Gasteiger partial charge on any atom is -0.252 e. The van der Waals surface area contributed by atoms with Gasteiger partial charge >= 0.3 is 0 Å². The number of benzene rings is 2. The van der Waals surface area contributed by atoms with Crippen molar-refractivity contribution in [2.75, 3.05) is 0 Å². The molecule has 0 fully saturated rings. The summed E-state index contributed by atoms with van der Waals surface area (Å²) in [7, 11) is 0. The van der Waals surface area contributed by atoms with E-state index in [9.17, 15) is 0 Å². The largest absolute Gasteiger partial charge is 0.252 e. The average molecular weight is 449 g/mol. The summed E-state index contributed by atoms with van der Waals surface area (Å²) in [6.07, 6.45) is 7.90. The zero-order valence-electron chi connectivity index (χ0n) is 19.6. The van der Waals surface area contributed by atoms with Crippen LogP contribution in [-0.4, -0.2) is 11.4 Å². The average Bonchev–Trinajstić information content (AvgIpc) is 2.70. The van der Waals surface area contributed by atoms with Gasteiger partial charge in [0.15, 0.2) is 0 Å². The summed E-state index contributed by atoms with van der Waals surface area (Å²) in [4.78, 5) is 10.2. The number of aryl methyl sites for hydroxylation is 4. The van der Waals surface area contributed by atoms with E-state index < -0.39 is 0 Å². The third-order valence-electron chi connectivity index (χ3n) is 5.63. The molecule has 0 aromatic heterocycles. The summed E-state index contributed by atoms with van der Waals surface area (Å²) in [5.74, 6) is 0. The van der Waals surface area contributed by atoms with Crippen LogP contribution in [0.4, 0.5) is 11.4 Å². The number of hydrogen-bond donors (Lipinski definition) is 0. The first-order chi connectivity index (χ1) is 13.9. The summed E-state index contributed by atoms with van der Waals surface area (Å²) >= 11 is 0. The van der Waals surface area contributed by atoms with E-state index in [1.165, 1.54) is 35.1 Å². The predicted octanol–water partition coefficient (Wildman–Crippen LogP) is 8.53. The predicted molar refractivity (Wildman–Crippen MR) is 130 cm³/mol. The molecule has 0 aliphatic rings. The molecule has 30 heavy (non-hydrogen) atoms. The van der Waals surface area contributed by atoms with Crippen LogP contribution < -0.4 is 0 Å². The molecule has 0 bridgehead atoms. The Morgan fingerprint density at radius 3 is 1.43 bits per heavy atom. The minimum atomic E-state index is 0. The fourth-order valence-corrected chi connectivity index (χ4v) is 3.32. The van der Waals surface area contributed by atoms with Crippen LogP contribution in [0.1, 0.15) is 81.0 Å². The van der Waals surface area contributed by atoms with Gasteiger partial charge in [-0.05, 0) is 99.9 Å². The molecule has 2 nitrogen and oxygen atoms in total. The second kappa shape index (κ2) is 13.6. The molecular formula is C27H38N2Ni. The van der Waals surface area contributed by atoms with Crippen LogP contribution >= 0.6 is 0 Å². The van der Waals surface area contributed by atoms with Gasteiger partial charge in [0.25, 0.3) is 0 Å². The normalized spacial score (nSPS) is 12.1. The molecule has 0 spiro atoms. The Morgan fingerprint density at radius 2 is 1.03 bits per heavy atom. The molecule has 2 aromatic rings. The van der Waals surface area contributed by atoms with Crippen molar-refractivity contribution >= 4 is 22.8 Å². The van der Waals surface area contributed by atoms with Crippen LogP contribution in [0.25, 0.3) is 0 Å². The zero-order chi connectivity index (χ0) is 21.2. The second-order valence-corrected chi connectivity index (χ2v) is 8.21. The van der Waals surface area contributed by atoms with E-state index in [1.807, 2.05) is 0 Å². The summed E-state index contributed by atoms with van der Waals surface area (Å²) in [5, 5.41) is 0. The molecule has 3 heteroatoms. The summed E-state index contributed by atoms with van der Waals surface area (Å²) in [5.41, 5.74) is 9.61. The number of hydrogen-bond acceptors (Lipinski definition) is 2. The van der Waals surface area contributed by atoms with E-state index in [0.717, 1.165) is 54.9 Å². The van der Waals surface area contributed by atoms with Crippen LogP contribution in [0.2, 0.25) is 0 Å². The first kappa shape index (κ1) is 26.3. The Bertz CT molecular complexity index is 865. The maximum atomic E-state index is 5.11. The molecule has 2 rings (SSSR count). The van der Waals surface area contributed by atoms with E-state index in [1.54, 1.807) is 0 Å². The van der Waals surface area contributed by atoms with E-state index in [2.05, 4.69) is 77.9 Å². The molecule has 0 saturated heterocycles. The van der Waals surface area contributed by atoms with Gasteiger partial charge in [-0.3, -0.25) is 9.98 Å². The van der Waals surface area contributed by atoms with E-state index >= 15 is 0 Å². The summed E-state index contributed by atoms with van der Waals surface area (Å²) < 4.78 is 0. The third kappa shape index (κ3) is 8.19. The van der Waals surface area contributed by atoms with E-state index in [4.69, 9.17) is 9.98 Å². The van der Waals surface area contributed by atoms with Gasteiger partial charge in [0, 0.05) is 16.5 Å². The van der Waals surface area contributed by atoms with Crippen molar-refractivity contribution in [1.29, 1.82) is 0 Å². The van der Waals surface area contributed by atoms with Crippen molar-refractivity contribution in [3.8, 4) is 0 Å². The van der Waals surface area contributed by atoms with Crippen LogP contribution in [0.3, 0.4) is 0 Å². The Balaban J connectivity index is 0.00000450. The molecule has 0 amide bonds. The zero-order valence-corrected chi connectivity index (χ0v) is 20.6.